The van der Waals surface area contributed by atoms with E-state index in [9.17, 15) is 22.8 Å². The lowest BCUT2D eigenvalue weighted by molar-refractivity contribution is -0.141. The maximum atomic E-state index is 14.4. The molecule has 1 atom stereocenters. The standard InChI is InChI=1S/C25H22F3NO3/c1-32-24(30)14-23(25(31)19-12-21(27)22(28)13-20(19)26)29(15-17-8-4-2-5-9-17)16-18-10-6-3-7-11-18/h2-13,23H,14-16H2,1H3. The van der Waals surface area contributed by atoms with Gasteiger partial charge in [0, 0.05) is 19.2 Å². The molecule has 0 aliphatic heterocycles. The van der Waals surface area contributed by atoms with Gasteiger partial charge in [0.1, 0.15) is 5.82 Å². The van der Waals surface area contributed by atoms with Crippen LogP contribution >= 0.6 is 0 Å². The Labute approximate surface area is 184 Å². The van der Waals surface area contributed by atoms with Crippen LogP contribution in [0.5, 0.6) is 0 Å². The Balaban J connectivity index is 2.03. The molecule has 0 spiro atoms. The molecule has 3 aromatic carbocycles. The second kappa shape index (κ2) is 10.7. The van der Waals surface area contributed by atoms with Gasteiger partial charge in [0.25, 0.3) is 0 Å². The quantitative estimate of drug-likeness (QED) is 0.269. The second-order valence-corrected chi connectivity index (χ2v) is 7.28. The summed E-state index contributed by atoms with van der Waals surface area (Å²) in [6.45, 7) is 0.517. The third-order valence-electron chi connectivity index (χ3n) is 5.06. The average molecular weight is 441 g/mol. The number of ether oxygens (including phenoxy) is 1. The Hall–Kier alpha value is -3.45. The van der Waals surface area contributed by atoms with Crippen LogP contribution in [0.1, 0.15) is 27.9 Å². The van der Waals surface area contributed by atoms with Gasteiger partial charge < -0.3 is 4.74 Å². The molecule has 0 aromatic heterocycles. The van der Waals surface area contributed by atoms with Gasteiger partial charge in [-0.3, -0.25) is 14.5 Å². The third-order valence-corrected chi connectivity index (χ3v) is 5.06. The molecular weight excluding hydrogens is 419 g/mol. The molecule has 166 valence electrons. The normalized spacial score (nSPS) is 11.9. The summed E-state index contributed by atoms with van der Waals surface area (Å²) >= 11 is 0. The van der Waals surface area contributed by atoms with Gasteiger partial charge in [0.05, 0.1) is 25.1 Å². The van der Waals surface area contributed by atoms with Crippen LogP contribution in [0.4, 0.5) is 13.2 Å². The van der Waals surface area contributed by atoms with Crippen LogP contribution in [0.15, 0.2) is 72.8 Å². The molecule has 7 heteroatoms. The molecule has 0 saturated carbocycles. The zero-order valence-electron chi connectivity index (χ0n) is 17.4. The van der Waals surface area contributed by atoms with E-state index in [2.05, 4.69) is 0 Å². The second-order valence-electron chi connectivity index (χ2n) is 7.28. The van der Waals surface area contributed by atoms with Crippen molar-refractivity contribution in [3.8, 4) is 0 Å². The number of Topliss-reactive ketones (excluding diaryl/α,β-unsaturated/α-hetero) is 1. The van der Waals surface area contributed by atoms with E-state index in [-0.39, 0.29) is 19.5 Å². The van der Waals surface area contributed by atoms with Gasteiger partial charge in [-0.25, -0.2) is 13.2 Å². The summed E-state index contributed by atoms with van der Waals surface area (Å²) in [7, 11) is 1.18. The van der Waals surface area contributed by atoms with Crippen molar-refractivity contribution >= 4 is 11.8 Å². The number of hydrogen-bond acceptors (Lipinski definition) is 4. The number of hydrogen-bond donors (Lipinski definition) is 0. The summed E-state index contributed by atoms with van der Waals surface area (Å²) in [5.74, 6) is -5.45. The molecule has 0 aliphatic carbocycles. The van der Waals surface area contributed by atoms with Gasteiger partial charge in [0.15, 0.2) is 17.4 Å². The smallest absolute Gasteiger partial charge is 0.307 e. The molecule has 0 saturated heterocycles. The molecule has 1 unspecified atom stereocenters. The van der Waals surface area contributed by atoms with Crippen LogP contribution in [0, 0.1) is 17.5 Å². The van der Waals surface area contributed by atoms with Crippen LogP contribution in [0.25, 0.3) is 0 Å². The SMILES string of the molecule is COC(=O)CC(C(=O)c1cc(F)c(F)cc1F)N(Cc1ccccc1)Cc1ccccc1. The number of benzene rings is 3. The highest BCUT2D eigenvalue weighted by Crippen LogP contribution is 2.22. The van der Waals surface area contributed by atoms with E-state index in [1.807, 2.05) is 60.7 Å². The van der Waals surface area contributed by atoms with Crippen molar-refractivity contribution < 1.29 is 27.5 Å². The molecule has 0 aliphatic rings. The van der Waals surface area contributed by atoms with Crippen LogP contribution in [-0.2, 0) is 22.6 Å². The third kappa shape index (κ3) is 5.82. The van der Waals surface area contributed by atoms with E-state index in [4.69, 9.17) is 4.74 Å². The molecule has 0 radical (unpaired) electrons. The van der Waals surface area contributed by atoms with Crippen LogP contribution in [-0.4, -0.2) is 29.8 Å². The first-order valence-electron chi connectivity index (χ1n) is 9.96. The number of esters is 1. The lowest BCUT2D eigenvalue weighted by Crippen LogP contribution is -2.42. The fourth-order valence-corrected chi connectivity index (χ4v) is 3.43. The topological polar surface area (TPSA) is 46.6 Å². The maximum absolute atomic E-state index is 14.4. The number of rotatable bonds is 9. The fourth-order valence-electron chi connectivity index (χ4n) is 3.43. The number of methoxy groups -OCH3 is 1. The Bertz CT molecular complexity index is 1030. The summed E-state index contributed by atoms with van der Waals surface area (Å²) in [5.41, 5.74) is 1.10. The summed E-state index contributed by atoms with van der Waals surface area (Å²) in [4.78, 5) is 27.2. The first-order valence-corrected chi connectivity index (χ1v) is 9.96. The van der Waals surface area contributed by atoms with Gasteiger partial charge in [-0.2, -0.15) is 0 Å². The zero-order valence-corrected chi connectivity index (χ0v) is 17.4. The Morgan fingerprint density at radius 3 is 1.81 bits per heavy atom. The average Bonchev–Trinajstić information content (AvgIpc) is 2.80. The molecular formula is C25H22F3NO3. The lowest BCUT2D eigenvalue weighted by atomic mass is 9.97. The maximum Gasteiger partial charge on any atom is 0.307 e. The molecule has 4 nitrogen and oxygen atoms in total. The number of ketones is 1. The van der Waals surface area contributed by atoms with E-state index in [0.717, 1.165) is 11.1 Å². The van der Waals surface area contributed by atoms with Gasteiger partial charge in [-0.1, -0.05) is 60.7 Å². The molecule has 0 heterocycles. The minimum Gasteiger partial charge on any atom is -0.469 e. The summed E-state index contributed by atoms with van der Waals surface area (Å²) in [6.07, 6.45) is -0.382. The van der Waals surface area contributed by atoms with Crippen molar-refractivity contribution in [3.05, 3.63) is 107 Å². The minimum atomic E-state index is -1.39. The van der Waals surface area contributed by atoms with E-state index >= 15 is 0 Å². The molecule has 0 bridgehead atoms. The monoisotopic (exact) mass is 441 g/mol. The van der Waals surface area contributed by atoms with E-state index < -0.39 is 40.8 Å². The van der Waals surface area contributed by atoms with E-state index in [1.165, 1.54) is 7.11 Å². The highest BCUT2D eigenvalue weighted by Gasteiger charge is 2.32. The van der Waals surface area contributed by atoms with E-state index in [0.29, 0.717) is 12.1 Å². The Morgan fingerprint density at radius 2 is 1.31 bits per heavy atom. The predicted molar refractivity (Wildman–Crippen MR) is 113 cm³/mol. The molecule has 0 amide bonds. The number of carbonyl (C=O) groups is 2. The first-order chi connectivity index (χ1) is 15.4. The molecule has 3 rings (SSSR count). The highest BCUT2D eigenvalue weighted by molar-refractivity contribution is 6.02. The van der Waals surface area contributed by atoms with Crippen molar-refractivity contribution in [2.24, 2.45) is 0 Å². The minimum absolute atomic E-state index is 0.258. The Kier molecular flexibility index (Phi) is 7.78. The van der Waals surface area contributed by atoms with Crippen molar-refractivity contribution in [3.63, 3.8) is 0 Å². The molecule has 3 aromatic rings. The van der Waals surface area contributed by atoms with Crippen LogP contribution in [0.3, 0.4) is 0 Å². The Morgan fingerprint density at radius 1 is 0.812 bits per heavy atom. The van der Waals surface area contributed by atoms with Crippen LogP contribution in [0.2, 0.25) is 0 Å². The fraction of sp³-hybridized carbons (Fsp3) is 0.200. The number of halogens is 3. The van der Waals surface area contributed by atoms with Crippen molar-refractivity contribution in [1.82, 2.24) is 4.90 Å². The van der Waals surface area contributed by atoms with Crippen LogP contribution < -0.4 is 0 Å². The molecule has 0 N–H and O–H groups in total. The number of carbonyl (C=O) groups excluding carboxylic acids is 2. The summed E-state index contributed by atoms with van der Waals surface area (Å²) in [5, 5.41) is 0. The summed E-state index contributed by atoms with van der Waals surface area (Å²) in [6, 6.07) is 18.2. The lowest BCUT2D eigenvalue weighted by Gasteiger charge is -2.30. The van der Waals surface area contributed by atoms with E-state index in [1.54, 1.807) is 4.90 Å². The number of nitrogens with zero attached hydrogens (tertiary/aromatic N) is 1. The zero-order chi connectivity index (χ0) is 23.1. The van der Waals surface area contributed by atoms with Gasteiger partial charge in [0.2, 0.25) is 0 Å². The largest absolute Gasteiger partial charge is 0.469 e. The summed E-state index contributed by atoms with van der Waals surface area (Å²) < 4.78 is 46.4. The first kappa shape index (κ1) is 23.2. The van der Waals surface area contributed by atoms with Crippen molar-refractivity contribution in [2.75, 3.05) is 7.11 Å². The van der Waals surface area contributed by atoms with Gasteiger partial charge in [-0.15, -0.1) is 0 Å². The highest BCUT2D eigenvalue weighted by atomic mass is 19.2. The van der Waals surface area contributed by atoms with Crippen molar-refractivity contribution in [2.45, 2.75) is 25.6 Å². The predicted octanol–water partition coefficient (Wildman–Crippen LogP) is 4.92. The molecule has 32 heavy (non-hydrogen) atoms. The van der Waals surface area contributed by atoms with Gasteiger partial charge in [-0.05, 0) is 17.2 Å². The van der Waals surface area contributed by atoms with Crippen molar-refractivity contribution in [1.29, 1.82) is 0 Å². The van der Waals surface area contributed by atoms with Gasteiger partial charge >= 0.3 is 5.97 Å². The molecule has 0 fully saturated rings.